The SMILES string of the molecule is CCCN1C[C@@]2(NS1(=O)=O)[C@@H]1CC[C@H]2Cc2cc(-c3ncc(-c4ccc(F)cc4)o3)ccc2C1. The molecule has 1 spiro atoms. The molecular formula is C26H28FN3O3S. The van der Waals surface area contributed by atoms with Crippen molar-refractivity contribution in [2.45, 2.75) is 44.6 Å². The molecule has 3 aromatic rings. The number of halogens is 1. The zero-order chi connectivity index (χ0) is 23.5. The molecular weight excluding hydrogens is 453 g/mol. The Kier molecular flexibility index (Phi) is 5.17. The lowest BCUT2D eigenvalue weighted by Crippen LogP contribution is -2.52. The van der Waals surface area contributed by atoms with Gasteiger partial charge in [-0.25, -0.2) is 9.37 Å². The van der Waals surface area contributed by atoms with Crippen molar-refractivity contribution in [2.24, 2.45) is 11.8 Å². The van der Waals surface area contributed by atoms with Gasteiger partial charge in [0.25, 0.3) is 10.2 Å². The van der Waals surface area contributed by atoms with E-state index in [1.54, 1.807) is 22.6 Å². The van der Waals surface area contributed by atoms with Crippen LogP contribution in [-0.4, -0.2) is 36.3 Å². The zero-order valence-corrected chi connectivity index (χ0v) is 19.9. The molecule has 2 aliphatic carbocycles. The molecule has 3 atom stereocenters. The molecule has 1 saturated heterocycles. The summed E-state index contributed by atoms with van der Waals surface area (Å²) in [6.45, 7) is 3.15. The predicted octanol–water partition coefficient (Wildman–Crippen LogP) is 4.57. The highest BCUT2D eigenvalue weighted by atomic mass is 32.2. The molecule has 8 heteroatoms. The van der Waals surface area contributed by atoms with Crippen LogP contribution in [0.4, 0.5) is 4.39 Å². The molecule has 0 unspecified atom stereocenters. The average molecular weight is 482 g/mol. The van der Waals surface area contributed by atoms with Crippen LogP contribution in [0.1, 0.15) is 37.3 Å². The first-order valence-electron chi connectivity index (χ1n) is 12.0. The summed E-state index contributed by atoms with van der Waals surface area (Å²) in [7, 11) is -3.43. The molecule has 6 rings (SSSR count). The molecule has 1 saturated carbocycles. The summed E-state index contributed by atoms with van der Waals surface area (Å²) < 4.78 is 49.8. The van der Waals surface area contributed by atoms with E-state index in [4.69, 9.17) is 4.42 Å². The number of fused-ring (bicyclic) bond motifs is 1. The number of rotatable bonds is 4. The molecule has 2 bridgehead atoms. The van der Waals surface area contributed by atoms with E-state index in [-0.39, 0.29) is 17.3 Å². The van der Waals surface area contributed by atoms with Gasteiger partial charge in [0.15, 0.2) is 5.76 Å². The number of aromatic nitrogens is 1. The maximum absolute atomic E-state index is 13.3. The van der Waals surface area contributed by atoms with Crippen molar-refractivity contribution >= 4 is 10.2 Å². The fourth-order valence-corrected chi connectivity index (χ4v) is 8.05. The highest BCUT2D eigenvalue weighted by molar-refractivity contribution is 7.87. The zero-order valence-electron chi connectivity index (χ0n) is 19.1. The number of hydrogen-bond acceptors (Lipinski definition) is 4. The van der Waals surface area contributed by atoms with Gasteiger partial charge in [-0.05, 0) is 91.5 Å². The Balaban J connectivity index is 1.30. The van der Waals surface area contributed by atoms with Crippen molar-refractivity contribution < 1.29 is 17.2 Å². The van der Waals surface area contributed by atoms with E-state index in [1.165, 1.54) is 23.3 Å². The van der Waals surface area contributed by atoms with Gasteiger partial charge in [-0.2, -0.15) is 17.4 Å². The number of nitrogens with zero attached hydrogens (tertiary/aromatic N) is 2. The van der Waals surface area contributed by atoms with Crippen LogP contribution in [0.15, 0.2) is 53.1 Å². The lowest BCUT2D eigenvalue weighted by Gasteiger charge is -2.33. The van der Waals surface area contributed by atoms with E-state index in [1.807, 2.05) is 13.0 Å². The van der Waals surface area contributed by atoms with Crippen LogP contribution in [0.3, 0.4) is 0 Å². The van der Waals surface area contributed by atoms with Crippen molar-refractivity contribution in [3.05, 3.63) is 65.6 Å². The molecule has 0 amide bonds. The van der Waals surface area contributed by atoms with Gasteiger partial charge in [0, 0.05) is 24.2 Å². The van der Waals surface area contributed by atoms with Crippen LogP contribution in [-0.2, 0) is 23.1 Å². The number of benzene rings is 2. The molecule has 2 aromatic carbocycles. The third-order valence-corrected chi connectivity index (χ3v) is 9.54. The van der Waals surface area contributed by atoms with Gasteiger partial charge in [-0.3, -0.25) is 0 Å². The van der Waals surface area contributed by atoms with E-state index in [9.17, 15) is 12.8 Å². The molecule has 1 aromatic heterocycles. The van der Waals surface area contributed by atoms with E-state index in [0.29, 0.717) is 30.7 Å². The summed E-state index contributed by atoms with van der Waals surface area (Å²) in [6.07, 6.45) is 6.28. The Hall–Kier alpha value is -2.55. The molecule has 178 valence electrons. The fourth-order valence-electron chi connectivity index (χ4n) is 6.24. The molecule has 1 N–H and O–H groups in total. The van der Waals surface area contributed by atoms with Crippen LogP contribution >= 0.6 is 0 Å². The Morgan fingerprint density at radius 2 is 1.79 bits per heavy atom. The standard InChI is InChI=1S/C26H28FN3O3S/c1-2-11-30-16-26(29-34(30,31)32)21-7-8-22(26)14-20-12-19(4-3-18(20)13-21)25-28-15-24(33-25)17-5-9-23(27)10-6-17/h3-6,9-10,12,15,21-22,29H,2,7-8,11,13-14,16H2,1H3/t21-,22+,26-/m1/s1. The monoisotopic (exact) mass is 481 g/mol. The first kappa shape index (κ1) is 21.9. The largest absolute Gasteiger partial charge is 0.436 e. The lowest BCUT2D eigenvalue weighted by atomic mass is 9.79. The van der Waals surface area contributed by atoms with Crippen molar-refractivity contribution in [3.63, 3.8) is 0 Å². The number of oxazole rings is 1. The van der Waals surface area contributed by atoms with Crippen molar-refractivity contribution in [1.29, 1.82) is 0 Å². The summed E-state index contributed by atoms with van der Waals surface area (Å²) >= 11 is 0. The fraction of sp³-hybridized carbons (Fsp3) is 0.423. The molecule has 2 fully saturated rings. The van der Waals surface area contributed by atoms with Crippen LogP contribution < -0.4 is 4.72 Å². The number of nitrogens with one attached hydrogen (secondary N) is 1. The minimum absolute atomic E-state index is 0.268. The van der Waals surface area contributed by atoms with Gasteiger partial charge >= 0.3 is 0 Å². The molecule has 3 aliphatic rings. The molecule has 1 aliphatic heterocycles. The van der Waals surface area contributed by atoms with E-state index >= 15 is 0 Å². The topological polar surface area (TPSA) is 75.4 Å². The third kappa shape index (κ3) is 3.51. The van der Waals surface area contributed by atoms with Crippen LogP contribution in [0.25, 0.3) is 22.8 Å². The first-order chi connectivity index (χ1) is 16.4. The Morgan fingerprint density at radius 1 is 1.09 bits per heavy atom. The highest BCUT2D eigenvalue weighted by Crippen LogP contribution is 2.50. The van der Waals surface area contributed by atoms with Crippen LogP contribution in [0, 0.1) is 17.7 Å². The molecule has 2 heterocycles. The predicted molar refractivity (Wildman–Crippen MR) is 128 cm³/mol. The quantitative estimate of drug-likeness (QED) is 0.592. The average Bonchev–Trinajstić information content (AvgIpc) is 3.45. The highest BCUT2D eigenvalue weighted by Gasteiger charge is 2.59. The molecule has 6 nitrogen and oxygen atoms in total. The van der Waals surface area contributed by atoms with Crippen molar-refractivity contribution in [1.82, 2.24) is 14.0 Å². The van der Waals surface area contributed by atoms with E-state index in [0.717, 1.165) is 43.2 Å². The Bertz CT molecular complexity index is 1340. The second kappa shape index (κ2) is 8.00. The Labute approximate surface area is 199 Å². The normalized spacial score (nSPS) is 27.7. The maximum Gasteiger partial charge on any atom is 0.280 e. The van der Waals surface area contributed by atoms with E-state index in [2.05, 4.69) is 21.8 Å². The summed E-state index contributed by atoms with van der Waals surface area (Å²) in [5.74, 6) is 1.41. The van der Waals surface area contributed by atoms with Gasteiger partial charge < -0.3 is 4.42 Å². The summed E-state index contributed by atoms with van der Waals surface area (Å²) in [4.78, 5) is 4.47. The lowest BCUT2D eigenvalue weighted by molar-refractivity contribution is 0.213. The third-order valence-electron chi connectivity index (χ3n) is 7.91. The summed E-state index contributed by atoms with van der Waals surface area (Å²) in [6, 6.07) is 12.5. The minimum Gasteiger partial charge on any atom is -0.436 e. The summed E-state index contributed by atoms with van der Waals surface area (Å²) in [5, 5.41) is 0. The Morgan fingerprint density at radius 3 is 2.53 bits per heavy atom. The van der Waals surface area contributed by atoms with Crippen LogP contribution in [0.5, 0.6) is 0 Å². The second-order valence-electron chi connectivity index (χ2n) is 9.88. The van der Waals surface area contributed by atoms with Gasteiger partial charge in [0.2, 0.25) is 5.89 Å². The van der Waals surface area contributed by atoms with Crippen molar-refractivity contribution in [2.75, 3.05) is 13.1 Å². The minimum atomic E-state index is -3.43. The second-order valence-corrected chi connectivity index (χ2v) is 11.6. The van der Waals surface area contributed by atoms with Crippen molar-refractivity contribution in [3.8, 4) is 22.8 Å². The molecule has 0 radical (unpaired) electrons. The van der Waals surface area contributed by atoms with Crippen LogP contribution in [0.2, 0.25) is 0 Å². The maximum atomic E-state index is 13.3. The van der Waals surface area contributed by atoms with Gasteiger partial charge in [-0.1, -0.05) is 13.0 Å². The summed E-state index contributed by atoms with van der Waals surface area (Å²) in [5.41, 5.74) is 3.83. The van der Waals surface area contributed by atoms with Gasteiger partial charge in [0.1, 0.15) is 5.82 Å². The smallest absolute Gasteiger partial charge is 0.280 e. The number of hydrogen-bond donors (Lipinski definition) is 1. The van der Waals surface area contributed by atoms with Gasteiger partial charge in [0.05, 0.1) is 11.7 Å². The molecule has 34 heavy (non-hydrogen) atoms. The van der Waals surface area contributed by atoms with Gasteiger partial charge in [-0.15, -0.1) is 0 Å². The van der Waals surface area contributed by atoms with E-state index < -0.39 is 10.2 Å². The first-order valence-corrected chi connectivity index (χ1v) is 13.4.